The van der Waals surface area contributed by atoms with Gasteiger partial charge in [-0.1, -0.05) is 0 Å². The first-order valence-electron chi connectivity index (χ1n) is 7.58. The van der Waals surface area contributed by atoms with Crippen LogP contribution in [0.5, 0.6) is 0 Å². The van der Waals surface area contributed by atoms with Crippen molar-refractivity contribution in [1.82, 2.24) is 20.4 Å². The summed E-state index contributed by atoms with van der Waals surface area (Å²) in [6.45, 7) is 3.87. The van der Waals surface area contributed by atoms with E-state index in [1.165, 1.54) is 0 Å². The molecule has 23 heavy (non-hydrogen) atoms. The smallest absolute Gasteiger partial charge is 0.250 e. The van der Waals surface area contributed by atoms with Gasteiger partial charge in [-0.15, -0.1) is 24.8 Å². The molecule has 0 bridgehead atoms. The maximum atomic E-state index is 12.2. The fourth-order valence-corrected chi connectivity index (χ4v) is 2.93. The molecule has 1 aromatic rings. The van der Waals surface area contributed by atoms with E-state index in [-0.39, 0.29) is 42.9 Å². The predicted molar refractivity (Wildman–Crippen MR) is 93.7 cm³/mol. The summed E-state index contributed by atoms with van der Waals surface area (Å²) >= 11 is 0. The van der Waals surface area contributed by atoms with E-state index < -0.39 is 0 Å². The summed E-state index contributed by atoms with van der Waals surface area (Å²) < 4.78 is 7.30. The maximum absolute atomic E-state index is 12.2. The minimum absolute atomic E-state index is 0. The van der Waals surface area contributed by atoms with Gasteiger partial charge in [0.15, 0.2) is 0 Å². The molecule has 2 fully saturated rings. The highest BCUT2D eigenvalue weighted by Crippen LogP contribution is 2.19. The molecule has 2 saturated heterocycles. The van der Waals surface area contributed by atoms with Crippen molar-refractivity contribution < 1.29 is 9.53 Å². The summed E-state index contributed by atoms with van der Waals surface area (Å²) in [6.07, 6.45) is 5.62. The van der Waals surface area contributed by atoms with Gasteiger partial charge in [-0.25, -0.2) is 0 Å². The normalized spacial score (nSPS) is 24.3. The van der Waals surface area contributed by atoms with Crippen molar-refractivity contribution in [3.63, 3.8) is 0 Å². The Hall–Kier alpha value is -1.02. The first-order chi connectivity index (χ1) is 10.2. The van der Waals surface area contributed by atoms with Crippen molar-refractivity contribution >= 4 is 36.4 Å². The number of hydrogen-bond acceptors (Lipinski definition) is 5. The van der Waals surface area contributed by atoms with Crippen molar-refractivity contribution in [1.29, 1.82) is 0 Å². The zero-order chi connectivity index (χ0) is 14.7. The molecule has 1 aromatic heterocycles. The lowest BCUT2D eigenvalue weighted by Crippen LogP contribution is -2.54. The Kier molecular flexibility index (Phi) is 8.11. The lowest BCUT2D eigenvalue weighted by molar-refractivity contribution is -0.135. The lowest BCUT2D eigenvalue weighted by Gasteiger charge is -2.34. The molecule has 2 aliphatic rings. The van der Waals surface area contributed by atoms with Gasteiger partial charge in [0.25, 0.3) is 5.91 Å². The molecule has 2 unspecified atom stereocenters. The molecule has 0 spiro atoms. The van der Waals surface area contributed by atoms with Crippen LogP contribution in [-0.2, 0) is 16.6 Å². The Morgan fingerprint density at radius 3 is 2.96 bits per heavy atom. The minimum Gasteiger partial charge on any atom is -0.367 e. The molecule has 0 aliphatic carbocycles. The molecule has 0 radical (unpaired) electrons. The average Bonchev–Trinajstić information content (AvgIpc) is 2.95. The average molecular weight is 366 g/mol. The largest absolute Gasteiger partial charge is 0.367 e. The second-order valence-corrected chi connectivity index (χ2v) is 5.73. The van der Waals surface area contributed by atoms with Crippen LogP contribution in [0.4, 0.5) is 5.69 Å². The molecule has 0 aromatic carbocycles. The fraction of sp³-hybridized carbons (Fsp3) is 0.714. The zero-order valence-corrected chi connectivity index (χ0v) is 14.9. The van der Waals surface area contributed by atoms with Crippen LogP contribution in [-0.4, -0.2) is 60.6 Å². The van der Waals surface area contributed by atoms with Gasteiger partial charge in [0.2, 0.25) is 0 Å². The Balaban J connectivity index is 0.00000132. The quantitative estimate of drug-likeness (QED) is 0.807. The van der Waals surface area contributed by atoms with Gasteiger partial charge in [-0.2, -0.15) is 5.10 Å². The van der Waals surface area contributed by atoms with Crippen molar-refractivity contribution in [3.8, 4) is 0 Å². The van der Waals surface area contributed by atoms with Crippen LogP contribution in [0.25, 0.3) is 0 Å². The van der Waals surface area contributed by atoms with E-state index in [9.17, 15) is 4.79 Å². The van der Waals surface area contributed by atoms with Crippen LogP contribution >= 0.6 is 24.8 Å². The van der Waals surface area contributed by atoms with Crippen molar-refractivity contribution in [2.24, 2.45) is 7.05 Å². The number of rotatable bonds is 3. The van der Waals surface area contributed by atoms with Gasteiger partial charge in [0, 0.05) is 45.5 Å². The van der Waals surface area contributed by atoms with E-state index in [0.29, 0.717) is 13.2 Å². The van der Waals surface area contributed by atoms with E-state index in [2.05, 4.69) is 20.6 Å². The molecule has 3 rings (SSSR count). The number of aromatic nitrogens is 2. The first-order valence-corrected chi connectivity index (χ1v) is 7.58. The number of ether oxygens (including phenoxy) is 1. The number of piperidine rings is 1. The summed E-state index contributed by atoms with van der Waals surface area (Å²) in [5.74, 6) is 0.000219. The third-order valence-electron chi connectivity index (χ3n) is 4.04. The molecule has 2 atom stereocenters. The van der Waals surface area contributed by atoms with Crippen LogP contribution < -0.4 is 15.5 Å². The van der Waals surface area contributed by atoms with Gasteiger partial charge in [0.1, 0.15) is 6.10 Å². The monoisotopic (exact) mass is 365 g/mol. The number of carbonyl (C=O) groups is 1. The number of nitrogens with one attached hydrogen (secondary N) is 2. The van der Waals surface area contributed by atoms with Crippen LogP contribution in [0.1, 0.15) is 12.8 Å². The Bertz CT molecular complexity index is 493. The third-order valence-corrected chi connectivity index (χ3v) is 4.04. The highest BCUT2D eigenvalue weighted by Gasteiger charge is 2.27. The number of carbonyl (C=O) groups excluding carboxylic acids is 1. The lowest BCUT2D eigenvalue weighted by atomic mass is 10.0. The van der Waals surface area contributed by atoms with Crippen LogP contribution in [0, 0.1) is 0 Å². The maximum Gasteiger partial charge on any atom is 0.250 e. The molecule has 3 heterocycles. The van der Waals surface area contributed by atoms with E-state index >= 15 is 0 Å². The Morgan fingerprint density at radius 1 is 1.48 bits per heavy atom. The van der Waals surface area contributed by atoms with Gasteiger partial charge in [-0.3, -0.25) is 9.48 Å². The van der Waals surface area contributed by atoms with Gasteiger partial charge < -0.3 is 20.3 Å². The van der Waals surface area contributed by atoms with Gasteiger partial charge in [-0.05, 0) is 12.8 Å². The molecule has 1 amide bonds. The second-order valence-electron chi connectivity index (χ2n) is 5.73. The topological polar surface area (TPSA) is 71.4 Å². The highest BCUT2D eigenvalue weighted by atomic mass is 35.5. The summed E-state index contributed by atoms with van der Waals surface area (Å²) in [7, 11) is 1.92. The zero-order valence-electron chi connectivity index (χ0n) is 13.2. The molecular weight excluding hydrogens is 341 g/mol. The predicted octanol–water partition coefficient (Wildman–Crippen LogP) is 0.337. The van der Waals surface area contributed by atoms with Crippen LogP contribution in [0.15, 0.2) is 12.4 Å². The standard InChI is InChI=1S/C14H23N5O2.2ClH/c1-18-10-12(7-16-18)19-5-2-3-11(9-19)17-14(20)13-8-15-4-6-21-13;;/h7,10-11,13,15H,2-6,8-9H2,1H3,(H,17,20);2*1H. The summed E-state index contributed by atoms with van der Waals surface area (Å²) in [6, 6.07) is 0.178. The van der Waals surface area contributed by atoms with Crippen molar-refractivity contribution in [2.75, 3.05) is 37.7 Å². The Morgan fingerprint density at radius 2 is 2.30 bits per heavy atom. The van der Waals surface area contributed by atoms with Crippen molar-refractivity contribution in [3.05, 3.63) is 12.4 Å². The highest BCUT2D eigenvalue weighted by molar-refractivity contribution is 5.85. The van der Waals surface area contributed by atoms with E-state index in [0.717, 1.165) is 38.2 Å². The molecular formula is C14H25Cl2N5O2. The molecule has 2 N–H and O–H groups in total. The van der Waals surface area contributed by atoms with Gasteiger partial charge >= 0.3 is 0 Å². The van der Waals surface area contributed by atoms with Crippen LogP contribution in [0.3, 0.4) is 0 Å². The SMILES string of the molecule is Cl.Cl.Cn1cc(N2CCCC(NC(=O)C3CNCCO3)C2)cn1. The number of hydrogen-bond donors (Lipinski definition) is 2. The first kappa shape index (κ1) is 20.0. The summed E-state index contributed by atoms with van der Waals surface area (Å²) in [5, 5.41) is 10.5. The molecule has 2 aliphatic heterocycles. The third kappa shape index (κ3) is 5.24. The summed E-state index contributed by atoms with van der Waals surface area (Å²) in [4.78, 5) is 14.5. The van der Waals surface area contributed by atoms with E-state index in [1.807, 2.05) is 19.4 Å². The molecule has 7 nitrogen and oxygen atoms in total. The van der Waals surface area contributed by atoms with E-state index in [1.54, 1.807) is 4.68 Å². The van der Waals surface area contributed by atoms with Crippen LogP contribution in [0.2, 0.25) is 0 Å². The number of amides is 1. The fourth-order valence-electron chi connectivity index (χ4n) is 2.93. The molecule has 0 saturated carbocycles. The second kappa shape index (κ2) is 9.32. The Labute approximate surface area is 148 Å². The molecule has 9 heteroatoms. The minimum atomic E-state index is -0.354. The number of halogens is 2. The number of aryl methyl sites for hydroxylation is 1. The van der Waals surface area contributed by atoms with E-state index in [4.69, 9.17) is 4.74 Å². The number of anilines is 1. The summed E-state index contributed by atoms with van der Waals surface area (Å²) in [5.41, 5.74) is 1.12. The number of nitrogens with zero attached hydrogens (tertiary/aromatic N) is 3. The number of morpholine rings is 1. The molecule has 132 valence electrons. The van der Waals surface area contributed by atoms with Gasteiger partial charge in [0.05, 0.1) is 18.5 Å². The van der Waals surface area contributed by atoms with Crippen molar-refractivity contribution in [2.45, 2.75) is 25.0 Å².